The second-order valence-corrected chi connectivity index (χ2v) is 39.5. The second-order valence-electron chi connectivity index (χ2n) is 33.9. The molecule has 734 valence electrons. The highest BCUT2D eigenvalue weighted by Gasteiger charge is 2.33. The summed E-state index contributed by atoms with van der Waals surface area (Å²) in [4.78, 5) is 137. The molecule has 0 atom stereocenters. The topological polar surface area (TPSA) is 403 Å². The van der Waals surface area contributed by atoms with Crippen molar-refractivity contribution in [2.24, 2.45) is 0 Å². The van der Waals surface area contributed by atoms with E-state index < -0.39 is 67.1 Å². The number of aromatic nitrogens is 8. The number of hydrogen-bond donors (Lipinski definition) is 4. The van der Waals surface area contributed by atoms with Gasteiger partial charge in [0.25, 0.3) is 11.8 Å². The molecule has 2 fully saturated rings. The van der Waals surface area contributed by atoms with Crippen molar-refractivity contribution in [2.45, 2.75) is 71.2 Å². The van der Waals surface area contributed by atoms with E-state index in [0.29, 0.717) is 106 Å². The van der Waals surface area contributed by atoms with Crippen LogP contribution in [0.1, 0.15) is 145 Å². The Morgan fingerprint density at radius 2 is 0.629 bits per heavy atom. The van der Waals surface area contributed by atoms with Crippen molar-refractivity contribution in [1.82, 2.24) is 60.7 Å². The van der Waals surface area contributed by atoms with E-state index in [0.717, 1.165) is 68.8 Å². The number of morpholine rings is 2. The Kier molecular flexibility index (Phi) is 34.7. The first-order valence-corrected chi connectivity index (χ1v) is 48.8. The van der Waals surface area contributed by atoms with Crippen LogP contribution in [0.25, 0.3) is 43.6 Å². The number of carbonyl (C=O) groups is 8. The standard InChI is InChI=1S/C30H31FN2O5Si.C29H27FN4O5.C25H19FN2O5.C22H21FN4O5/c1-36-29(34)27-28(38-19-21-8-6-5-7-9-21)25-24(26(33-27)30(35)37-14-15-39(2,3)4)17-22(18-32-25)16-20-10-12-23(31)13-11-20;1-37-29(36)26-27(39-18-20-5-3-2-4-6-20)24-23(25(32-26)28(35)33-34-11-13-38-14-12-34)16-21(17-31-24)15-19-7-9-22(30)10-8-19;1-32-25(31)22-23(33-14-16-5-3-2-4-6-16)20-19(21(28-22)24(29)30)12-17(13-27-20)11-15-7-9-18(26)10-8-15;1-31-22(30)19-20(28)17-16(18(25-19)21(29)26-27-6-8-32-9-7-27)11-14(12-24-17)10-13-2-4-15(23)5-3-13/h5-13,17-18H,14-16,19H2,1-4H3;2-10,16-17H,11-15,18H2,1H3,(H,33,35);2-10,12-13H,11,14H2,1H3,(H,29,30);2-5,11-12,28H,6-10H2,1H3,(H,26,29). The molecule has 0 saturated carbocycles. The fraction of sp³-hybridized carbons (Fsp3) is 0.226. The molecule has 0 spiro atoms. The van der Waals surface area contributed by atoms with Gasteiger partial charge in [-0.2, -0.15) is 0 Å². The van der Waals surface area contributed by atoms with Gasteiger partial charge in [0.1, 0.15) is 76.5 Å². The number of pyridine rings is 8. The van der Waals surface area contributed by atoms with Crippen LogP contribution in [0.2, 0.25) is 25.7 Å². The maximum atomic E-state index is 13.5. The molecule has 17 rings (SSSR count). The fourth-order valence-corrected chi connectivity index (χ4v) is 15.8. The van der Waals surface area contributed by atoms with Crippen LogP contribution in [-0.2, 0) is 78.7 Å². The minimum atomic E-state index is -1.45. The first kappa shape index (κ1) is 102. The summed E-state index contributed by atoms with van der Waals surface area (Å²) in [7, 11) is 3.35. The number of hydrazine groups is 2. The SMILES string of the molecule is COC(=O)c1nc(C(=O)NN2CCOCC2)c2cc(Cc3ccc(F)cc3)cnc2c1O.COC(=O)c1nc(C(=O)NN2CCOCC2)c2cc(Cc3ccc(F)cc3)cnc2c1OCc1ccccc1.COC(=O)c1nc(C(=O)O)c2cc(Cc3ccc(F)cc3)cnc2c1OCc1ccccc1.COC(=O)c1nc(C(=O)OCC[Si](C)(C)C)c2cc(Cc3ccc(F)cc3)cnc2c1OCc1ccccc1. The summed E-state index contributed by atoms with van der Waals surface area (Å²) in [6.45, 7) is 11.2. The normalized spacial score (nSPS) is 12.5. The van der Waals surface area contributed by atoms with Crippen LogP contribution in [0.4, 0.5) is 17.6 Å². The van der Waals surface area contributed by atoms with Crippen LogP contribution in [-0.4, -0.2) is 203 Å². The average molecular weight is 1960 g/mol. The molecule has 37 heteroatoms. The summed E-state index contributed by atoms with van der Waals surface area (Å²) in [5, 5.41) is 25.1. The Bertz CT molecular complexity index is 7120. The summed E-state index contributed by atoms with van der Waals surface area (Å²) >= 11 is 0. The highest BCUT2D eigenvalue weighted by Crippen LogP contribution is 2.38. The Labute approximate surface area is 818 Å². The molecular formula is C106H98F4N12O20Si. The molecule has 0 unspecified atom stereocenters. The largest absolute Gasteiger partial charge is 0.504 e. The lowest BCUT2D eigenvalue weighted by Gasteiger charge is -2.27. The monoisotopic (exact) mass is 1960 g/mol. The van der Waals surface area contributed by atoms with Crippen molar-refractivity contribution in [2.75, 3.05) is 87.7 Å². The van der Waals surface area contributed by atoms with Crippen LogP contribution < -0.4 is 25.1 Å². The van der Waals surface area contributed by atoms with Gasteiger partial charge in [0, 0.05) is 80.6 Å². The molecule has 32 nitrogen and oxygen atoms in total. The number of methoxy groups -OCH3 is 4. The maximum Gasteiger partial charge on any atom is 0.360 e. The molecule has 2 saturated heterocycles. The number of amides is 2. The number of aromatic carboxylic acids is 1. The first-order valence-electron chi connectivity index (χ1n) is 45.1. The Morgan fingerprint density at radius 1 is 0.350 bits per heavy atom. The van der Waals surface area contributed by atoms with Crippen molar-refractivity contribution in [3.8, 4) is 23.0 Å². The number of nitrogens with zero attached hydrogens (tertiary/aromatic N) is 10. The van der Waals surface area contributed by atoms with E-state index in [1.54, 1.807) is 101 Å². The first-order chi connectivity index (χ1) is 69.1. The number of nitrogens with one attached hydrogen (secondary N) is 2. The Hall–Kier alpha value is -16.5. The van der Waals surface area contributed by atoms with Crippen molar-refractivity contribution >= 4 is 99.3 Å². The smallest absolute Gasteiger partial charge is 0.360 e. The zero-order chi connectivity index (χ0) is 101. The molecule has 2 aliphatic rings. The fourth-order valence-electron chi connectivity index (χ4n) is 15.0. The minimum Gasteiger partial charge on any atom is -0.504 e. The lowest BCUT2D eigenvalue weighted by atomic mass is 10.0. The van der Waals surface area contributed by atoms with Crippen LogP contribution in [0.15, 0.2) is 237 Å². The van der Waals surface area contributed by atoms with Crippen LogP contribution >= 0.6 is 0 Å². The van der Waals surface area contributed by atoms with Gasteiger partial charge in [-0.3, -0.25) is 40.4 Å². The molecule has 143 heavy (non-hydrogen) atoms. The second kappa shape index (κ2) is 48.4. The average Bonchev–Trinajstić information content (AvgIpc) is 0.774. The van der Waals surface area contributed by atoms with E-state index in [4.69, 9.17) is 42.6 Å². The third-order valence-corrected chi connectivity index (χ3v) is 24.1. The Morgan fingerprint density at radius 3 is 0.944 bits per heavy atom. The van der Waals surface area contributed by atoms with Gasteiger partial charge >= 0.3 is 35.8 Å². The Balaban J connectivity index is 0.000000152. The summed E-state index contributed by atoms with van der Waals surface area (Å²) < 4.78 is 107. The molecule has 0 aliphatic carbocycles. The molecule has 15 aromatic rings. The number of aromatic hydroxyl groups is 1. The molecule has 2 amide bonds. The number of benzene rings is 7. The number of fused-ring (bicyclic) bond motifs is 4. The molecular weight excluding hydrogens is 1870 g/mol. The van der Waals surface area contributed by atoms with E-state index >= 15 is 0 Å². The van der Waals surface area contributed by atoms with Crippen molar-refractivity contribution in [1.29, 1.82) is 0 Å². The van der Waals surface area contributed by atoms with Gasteiger partial charge in [-0.25, -0.2) is 76.3 Å². The minimum absolute atomic E-state index is 0.0115. The third kappa shape index (κ3) is 27.2. The molecule has 0 radical (unpaired) electrons. The van der Waals surface area contributed by atoms with Gasteiger partial charge in [0.15, 0.2) is 57.2 Å². The zero-order valence-corrected chi connectivity index (χ0v) is 79.8. The number of rotatable bonds is 30. The van der Waals surface area contributed by atoms with Gasteiger partial charge in [-0.15, -0.1) is 0 Å². The number of hydrogen-bond acceptors (Lipinski definition) is 29. The molecule has 4 N–H and O–H groups in total. The summed E-state index contributed by atoms with van der Waals surface area (Å²) in [6.07, 6.45) is 8.10. The number of ether oxygens (including phenoxy) is 10. The molecule has 2 aliphatic heterocycles. The molecule has 8 aromatic heterocycles. The highest BCUT2D eigenvalue weighted by atomic mass is 28.3. The quantitative estimate of drug-likeness (QED) is 0.0141. The number of carboxylic acids is 1. The predicted molar refractivity (Wildman–Crippen MR) is 519 cm³/mol. The molecule has 10 heterocycles. The van der Waals surface area contributed by atoms with Crippen LogP contribution in [0.3, 0.4) is 0 Å². The lowest BCUT2D eigenvalue weighted by molar-refractivity contribution is 0.0121. The summed E-state index contributed by atoms with van der Waals surface area (Å²) in [5.41, 5.74) is 14.0. The predicted octanol–water partition coefficient (Wildman–Crippen LogP) is 16.2. The van der Waals surface area contributed by atoms with Crippen molar-refractivity contribution in [3.63, 3.8) is 0 Å². The van der Waals surface area contributed by atoms with Crippen molar-refractivity contribution < 1.29 is 113 Å². The highest BCUT2D eigenvalue weighted by molar-refractivity contribution is 6.76. The maximum absolute atomic E-state index is 13.5. The van der Waals surface area contributed by atoms with E-state index in [1.807, 2.05) is 91.0 Å². The van der Waals surface area contributed by atoms with Gasteiger partial charge in [0.05, 0.1) is 61.5 Å². The lowest BCUT2D eigenvalue weighted by Crippen LogP contribution is -2.48. The number of carboxylic acid groups (broad SMARTS) is 1. The van der Waals surface area contributed by atoms with Gasteiger partial charge in [0.2, 0.25) is 0 Å². The number of esters is 5. The molecule has 7 aromatic carbocycles. The number of carbonyl (C=O) groups excluding carboxylic acids is 7. The molecule has 0 bridgehead atoms. The van der Waals surface area contributed by atoms with Gasteiger partial charge in [-0.05, 0) is 166 Å². The van der Waals surface area contributed by atoms with Crippen LogP contribution in [0.5, 0.6) is 23.0 Å². The summed E-state index contributed by atoms with van der Waals surface area (Å²) in [5.74, 6) is -7.76. The zero-order valence-electron chi connectivity index (χ0n) is 78.8. The number of halogens is 4. The van der Waals surface area contributed by atoms with Gasteiger partial charge < -0.3 is 57.6 Å². The summed E-state index contributed by atoms with van der Waals surface area (Å²) in [6, 6.07) is 60.2. The third-order valence-electron chi connectivity index (χ3n) is 22.4. The van der Waals surface area contributed by atoms with Crippen LogP contribution in [0, 0.1) is 23.3 Å². The van der Waals surface area contributed by atoms with Gasteiger partial charge in [-0.1, -0.05) is 159 Å². The van der Waals surface area contributed by atoms with E-state index in [1.165, 1.54) is 76.1 Å². The van der Waals surface area contributed by atoms with E-state index in [-0.39, 0.29) is 129 Å². The van der Waals surface area contributed by atoms with Crippen molar-refractivity contribution in [3.05, 3.63) is 367 Å². The van der Waals surface area contributed by atoms with E-state index in [9.17, 15) is 66.1 Å². The van der Waals surface area contributed by atoms with E-state index in [2.05, 4.69) is 75.1 Å².